The van der Waals surface area contributed by atoms with Crippen molar-refractivity contribution in [1.29, 1.82) is 0 Å². The number of aldehydes is 1. The molecule has 0 aliphatic heterocycles. The van der Waals surface area contributed by atoms with Gasteiger partial charge in [0.2, 0.25) is 0 Å². The molecule has 6 heteroatoms. The zero-order valence-corrected chi connectivity index (χ0v) is 7.75. The number of alkyl halides is 1. The van der Waals surface area contributed by atoms with Crippen molar-refractivity contribution in [3.63, 3.8) is 0 Å². The van der Waals surface area contributed by atoms with Crippen molar-refractivity contribution in [2.45, 2.75) is 23.1 Å². The Morgan fingerprint density at radius 3 is 2.17 bits per heavy atom. The smallest absolute Gasteiger partial charge is 0.149 e. The number of aliphatic hydroxyl groups is 4. The van der Waals surface area contributed by atoms with E-state index in [1.807, 2.05) is 0 Å². The Bertz CT molecular complexity index is 142. The standard InChI is InChI=1S/C6H11BrO5/c7-5(3(10)1-8)6(12)4(11)2-9/h1,3-6,9-12H,2H2/t3-,4+,5-,6-/m0/s1. The van der Waals surface area contributed by atoms with Crippen molar-refractivity contribution in [2.24, 2.45) is 0 Å². The van der Waals surface area contributed by atoms with E-state index in [1.54, 1.807) is 0 Å². The van der Waals surface area contributed by atoms with Crippen LogP contribution in [0.2, 0.25) is 0 Å². The van der Waals surface area contributed by atoms with Crippen LogP contribution in [0.15, 0.2) is 0 Å². The summed E-state index contributed by atoms with van der Waals surface area (Å²) in [6, 6.07) is 0. The molecule has 5 nitrogen and oxygen atoms in total. The van der Waals surface area contributed by atoms with Crippen LogP contribution in [0.4, 0.5) is 0 Å². The van der Waals surface area contributed by atoms with E-state index in [0.717, 1.165) is 0 Å². The van der Waals surface area contributed by atoms with E-state index in [2.05, 4.69) is 15.9 Å². The fourth-order valence-electron chi connectivity index (χ4n) is 0.597. The maximum atomic E-state index is 10.0. The van der Waals surface area contributed by atoms with Gasteiger partial charge >= 0.3 is 0 Å². The molecule has 0 saturated heterocycles. The number of carbonyl (C=O) groups excluding carboxylic acids is 1. The number of carbonyl (C=O) groups is 1. The largest absolute Gasteiger partial charge is 0.394 e. The highest BCUT2D eigenvalue weighted by atomic mass is 79.9. The molecule has 12 heavy (non-hydrogen) atoms. The van der Waals surface area contributed by atoms with Gasteiger partial charge in [0.05, 0.1) is 17.5 Å². The van der Waals surface area contributed by atoms with E-state index in [-0.39, 0.29) is 6.29 Å². The summed E-state index contributed by atoms with van der Waals surface area (Å²) < 4.78 is 0. The molecule has 0 heterocycles. The van der Waals surface area contributed by atoms with Crippen molar-refractivity contribution in [3.05, 3.63) is 0 Å². The number of halogens is 1. The van der Waals surface area contributed by atoms with Crippen molar-refractivity contribution < 1.29 is 25.2 Å². The molecule has 0 aromatic carbocycles. The summed E-state index contributed by atoms with van der Waals surface area (Å²) in [6.07, 6.45) is -3.92. The highest BCUT2D eigenvalue weighted by Crippen LogP contribution is 2.12. The third-order valence-corrected chi connectivity index (χ3v) is 2.46. The van der Waals surface area contributed by atoms with Crippen LogP contribution >= 0.6 is 15.9 Å². The molecule has 0 bridgehead atoms. The van der Waals surface area contributed by atoms with Gasteiger partial charge in [0.15, 0.2) is 0 Å². The zero-order chi connectivity index (χ0) is 9.72. The first-order chi connectivity index (χ1) is 5.54. The summed E-state index contributed by atoms with van der Waals surface area (Å²) in [5.74, 6) is 0. The Morgan fingerprint density at radius 2 is 1.83 bits per heavy atom. The summed E-state index contributed by atoms with van der Waals surface area (Å²) in [6.45, 7) is -0.630. The van der Waals surface area contributed by atoms with E-state index in [1.165, 1.54) is 0 Å². The monoisotopic (exact) mass is 242 g/mol. The predicted molar refractivity (Wildman–Crippen MR) is 43.9 cm³/mol. The lowest BCUT2D eigenvalue weighted by molar-refractivity contribution is -0.117. The van der Waals surface area contributed by atoms with Gasteiger partial charge in [-0.05, 0) is 0 Å². The molecule has 0 aliphatic carbocycles. The van der Waals surface area contributed by atoms with Crippen LogP contribution in [0.25, 0.3) is 0 Å². The summed E-state index contributed by atoms with van der Waals surface area (Å²) in [4.78, 5) is 9.05. The molecule has 0 amide bonds. The quantitative estimate of drug-likeness (QED) is 0.331. The Hall–Kier alpha value is -0.0100. The number of aliphatic hydroxyl groups excluding tert-OH is 4. The highest BCUT2D eigenvalue weighted by molar-refractivity contribution is 9.09. The van der Waals surface area contributed by atoms with Crippen LogP contribution in [-0.4, -0.2) is 56.5 Å². The van der Waals surface area contributed by atoms with Gasteiger partial charge in [-0.2, -0.15) is 0 Å². The van der Waals surface area contributed by atoms with Gasteiger partial charge in [-0.1, -0.05) is 15.9 Å². The molecular weight excluding hydrogens is 232 g/mol. The first-order valence-electron chi connectivity index (χ1n) is 3.29. The van der Waals surface area contributed by atoms with Gasteiger partial charge in [-0.25, -0.2) is 0 Å². The van der Waals surface area contributed by atoms with Crippen molar-refractivity contribution >= 4 is 22.2 Å². The van der Waals surface area contributed by atoms with Crippen molar-refractivity contribution in [2.75, 3.05) is 6.61 Å². The third-order valence-electron chi connectivity index (χ3n) is 1.37. The molecule has 0 saturated carbocycles. The van der Waals surface area contributed by atoms with Gasteiger partial charge < -0.3 is 25.2 Å². The van der Waals surface area contributed by atoms with Crippen LogP contribution in [0.1, 0.15) is 0 Å². The minimum absolute atomic E-state index is 0.229. The Labute approximate surface area is 77.8 Å². The lowest BCUT2D eigenvalue weighted by atomic mass is 10.1. The fraction of sp³-hybridized carbons (Fsp3) is 0.833. The lowest BCUT2D eigenvalue weighted by Gasteiger charge is -2.22. The second kappa shape index (κ2) is 5.60. The molecule has 0 aliphatic rings. The second-order valence-electron chi connectivity index (χ2n) is 2.31. The van der Waals surface area contributed by atoms with Crippen molar-refractivity contribution in [1.82, 2.24) is 0 Å². The van der Waals surface area contributed by atoms with E-state index in [9.17, 15) is 4.79 Å². The van der Waals surface area contributed by atoms with Crippen LogP contribution in [0.3, 0.4) is 0 Å². The zero-order valence-electron chi connectivity index (χ0n) is 6.17. The molecule has 0 rings (SSSR count). The molecule has 0 aromatic rings. The fourth-order valence-corrected chi connectivity index (χ4v) is 1.07. The molecule has 0 aromatic heterocycles. The third kappa shape index (κ3) is 3.16. The number of hydrogen-bond donors (Lipinski definition) is 4. The average molecular weight is 243 g/mol. The highest BCUT2D eigenvalue weighted by Gasteiger charge is 2.29. The summed E-state index contributed by atoms with van der Waals surface area (Å²) in [7, 11) is 0. The molecule has 4 atom stereocenters. The second-order valence-corrected chi connectivity index (χ2v) is 3.37. The van der Waals surface area contributed by atoms with E-state index < -0.39 is 29.7 Å². The molecule has 0 spiro atoms. The topological polar surface area (TPSA) is 98.0 Å². The Balaban J connectivity index is 4.07. The lowest BCUT2D eigenvalue weighted by Crippen LogP contribution is -2.42. The number of rotatable bonds is 5. The molecule has 4 N–H and O–H groups in total. The molecule has 72 valence electrons. The molecule has 0 radical (unpaired) electrons. The van der Waals surface area contributed by atoms with E-state index in [4.69, 9.17) is 20.4 Å². The maximum Gasteiger partial charge on any atom is 0.149 e. The van der Waals surface area contributed by atoms with Gasteiger partial charge in [-0.15, -0.1) is 0 Å². The van der Waals surface area contributed by atoms with E-state index in [0.29, 0.717) is 0 Å². The number of hydrogen-bond acceptors (Lipinski definition) is 5. The Morgan fingerprint density at radius 1 is 1.33 bits per heavy atom. The first-order valence-corrected chi connectivity index (χ1v) is 4.20. The summed E-state index contributed by atoms with van der Waals surface area (Å²) >= 11 is 2.81. The van der Waals surface area contributed by atoms with Crippen molar-refractivity contribution in [3.8, 4) is 0 Å². The normalized spacial score (nSPS) is 21.1. The average Bonchev–Trinajstić information content (AvgIpc) is 2.12. The molecular formula is C6H11BrO5. The Kier molecular flexibility index (Phi) is 5.60. The predicted octanol–water partition coefficient (Wildman–Crippen LogP) is -1.98. The van der Waals surface area contributed by atoms with Crippen LogP contribution in [0.5, 0.6) is 0 Å². The van der Waals surface area contributed by atoms with Gasteiger partial charge in [-0.3, -0.25) is 0 Å². The van der Waals surface area contributed by atoms with E-state index >= 15 is 0 Å². The van der Waals surface area contributed by atoms with Gasteiger partial charge in [0, 0.05) is 0 Å². The molecule has 0 fully saturated rings. The molecule has 0 unspecified atom stereocenters. The van der Waals surface area contributed by atoms with Crippen LogP contribution in [0, 0.1) is 0 Å². The summed E-state index contributed by atoms with van der Waals surface area (Å²) in [5, 5.41) is 35.3. The minimum atomic E-state index is -1.40. The SMILES string of the molecule is O=C[C@H](O)[C@H](Br)[C@@H](O)[C@H](O)CO. The first kappa shape index (κ1) is 12.0. The maximum absolute atomic E-state index is 10.0. The van der Waals surface area contributed by atoms with Gasteiger partial charge in [0.1, 0.15) is 18.5 Å². The van der Waals surface area contributed by atoms with Crippen LogP contribution in [-0.2, 0) is 4.79 Å². The van der Waals surface area contributed by atoms with Gasteiger partial charge in [0.25, 0.3) is 0 Å². The minimum Gasteiger partial charge on any atom is -0.394 e. The van der Waals surface area contributed by atoms with Crippen LogP contribution < -0.4 is 0 Å². The summed E-state index contributed by atoms with van der Waals surface area (Å²) in [5.41, 5.74) is 0.